The van der Waals surface area contributed by atoms with E-state index in [1.54, 1.807) is 5.38 Å². The number of hydrogen-bond donors (Lipinski definition) is 2. The number of aromatic nitrogens is 1. The highest BCUT2D eigenvalue weighted by Gasteiger charge is 2.39. The van der Waals surface area contributed by atoms with Crippen molar-refractivity contribution in [1.82, 2.24) is 9.88 Å². The van der Waals surface area contributed by atoms with Gasteiger partial charge in [0.05, 0.1) is 10.9 Å². The van der Waals surface area contributed by atoms with E-state index in [0.29, 0.717) is 0 Å². The summed E-state index contributed by atoms with van der Waals surface area (Å²) in [5, 5.41) is 20.8. The van der Waals surface area contributed by atoms with E-state index in [9.17, 15) is 19.5 Å². The predicted octanol–water partition coefficient (Wildman–Crippen LogP) is 1.83. The Hall–Kier alpha value is -1.96. The van der Waals surface area contributed by atoms with Gasteiger partial charge < -0.3 is 15.1 Å². The molecule has 1 aliphatic rings. The second-order valence-electron chi connectivity index (χ2n) is 6.71. The second kappa shape index (κ2) is 6.27. The van der Waals surface area contributed by atoms with Crippen molar-refractivity contribution in [1.29, 1.82) is 0 Å². The number of piperidine rings is 1. The molecule has 1 saturated heterocycles. The van der Waals surface area contributed by atoms with Gasteiger partial charge in [-0.1, -0.05) is 20.8 Å². The molecule has 1 aliphatic heterocycles. The van der Waals surface area contributed by atoms with Gasteiger partial charge in [0.25, 0.3) is 5.91 Å². The van der Waals surface area contributed by atoms with Gasteiger partial charge in [0, 0.05) is 17.3 Å². The van der Waals surface area contributed by atoms with Crippen molar-refractivity contribution in [3.8, 4) is 0 Å². The molecule has 23 heavy (non-hydrogen) atoms. The lowest BCUT2D eigenvalue weighted by Gasteiger charge is -2.35. The second-order valence-corrected chi connectivity index (χ2v) is 7.57. The molecule has 1 aromatic heterocycles. The normalized spacial score (nSPS) is 22.0. The third kappa shape index (κ3) is 3.69. The number of carbonyl (C=O) groups excluding carboxylic acids is 1. The average Bonchev–Trinajstić information content (AvgIpc) is 2.95. The van der Waals surface area contributed by atoms with Crippen molar-refractivity contribution in [3.63, 3.8) is 0 Å². The van der Waals surface area contributed by atoms with Crippen LogP contribution >= 0.6 is 11.3 Å². The number of nitrogens with zero attached hydrogens (tertiary/aromatic N) is 2. The van der Waals surface area contributed by atoms with Crippen LogP contribution in [-0.2, 0) is 15.0 Å². The maximum absolute atomic E-state index is 12.6. The van der Waals surface area contributed by atoms with E-state index in [-0.39, 0.29) is 30.5 Å². The van der Waals surface area contributed by atoms with E-state index in [2.05, 4.69) is 4.98 Å². The molecule has 1 amide bonds. The van der Waals surface area contributed by atoms with E-state index in [4.69, 9.17) is 5.11 Å². The Morgan fingerprint density at radius 2 is 1.87 bits per heavy atom. The van der Waals surface area contributed by atoms with Crippen molar-refractivity contribution in [3.05, 3.63) is 16.1 Å². The third-order valence-electron chi connectivity index (χ3n) is 3.84. The maximum atomic E-state index is 12.6. The molecule has 7 nitrogen and oxygen atoms in total. The van der Waals surface area contributed by atoms with Crippen molar-refractivity contribution in [2.24, 2.45) is 5.92 Å². The molecule has 2 N–H and O–H groups in total. The summed E-state index contributed by atoms with van der Waals surface area (Å²) in [5.74, 6) is -3.39. The summed E-state index contributed by atoms with van der Waals surface area (Å²) < 4.78 is 0. The Bertz CT molecular complexity index is 634. The van der Waals surface area contributed by atoms with Gasteiger partial charge in [0.2, 0.25) is 0 Å². The van der Waals surface area contributed by atoms with E-state index in [0.717, 1.165) is 9.91 Å². The molecular weight excluding hydrogens is 320 g/mol. The van der Waals surface area contributed by atoms with Crippen molar-refractivity contribution >= 4 is 29.2 Å². The number of rotatable bonds is 3. The smallest absolute Gasteiger partial charge is 0.326 e. The molecule has 1 fully saturated rings. The van der Waals surface area contributed by atoms with Gasteiger partial charge in [0.1, 0.15) is 11.7 Å². The lowest BCUT2D eigenvalue weighted by Crippen LogP contribution is -2.52. The van der Waals surface area contributed by atoms with Crippen LogP contribution in [0.4, 0.5) is 0 Å². The Labute approximate surface area is 137 Å². The minimum atomic E-state index is -1.12. The molecule has 0 aliphatic carbocycles. The van der Waals surface area contributed by atoms with E-state index in [1.165, 1.54) is 11.3 Å². The molecule has 0 aromatic carbocycles. The Balaban J connectivity index is 2.27. The summed E-state index contributed by atoms with van der Waals surface area (Å²) in [4.78, 5) is 40.6. The van der Waals surface area contributed by atoms with Gasteiger partial charge in [-0.3, -0.25) is 9.59 Å². The predicted molar refractivity (Wildman–Crippen MR) is 83.6 cm³/mol. The number of carboxylic acid groups (broad SMARTS) is 2. The molecule has 0 bridgehead atoms. The van der Waals surface area contributed by atoms with Crippen LogP contribution in [0.15, 0.2) is 5.38 Å². The summed E-state index contributed by atoms with van der Waals surface area (Å²) >= 11 is 1.34. The first-order valence-electron chi connectivity index (χ1n) is 7.34. The fourth-order valence-electron chi connectivity index (χ4n) is 2.52. The highest BCUT2D eigenvalue weighted by Crippen LogP contribution is 2.28. The number of aliphatic carboxylic acids is 2. The zero-order valence-electron chi connectivity index (χ0n) is 13.3. The Kier molecular flexibility index (Phi) is 4.74. The van der Waals surface area contributed by atoms with Crippen LogP contribution < -0.4 is 0 Å². The molecule has 126 valence electrons. The van der Waals surface area contributed by atoms with Crippen molar-refractivity contribution in [2.45, 2.75) is 45.1 Å². The van der Waals surface area contributed by atoms with Gasteiger partial charge >= 0.3 is 11.9 Å². The van der Waals surface area contributed by atoms with E-state index < -0.39 is 29.8 Å². The first-order chi connectivity index (χ1) is 10.6. The summed E-state index contributed by atoms with van der Waals surface area (Å²) in [7, 11) is 0. The number of hydrogen-bond acceptors (Lipinski definition) is 5. The Morgan fingerprint density at radius 3 is 2.35 bits per heavy atom. The molecule has 2 heterocycles. The summed E-state index contributed by atoms with van der Waals surface area (Å²) in [5.41, 5.74) is -0.0295. The quantitative estimate of drug-likeness (QED) is 0.869. The summed E-state index contributed by atoms with van der Waals surface area (Å²) in [6.45, 7) is 5.82. The fraction of sp³-hybridized carbons (Fsp3) is 0.600. The number of thiazole rings is 1. The lowest BCUT2D eigenvalue weighted by molar-refractivity contribution is -0.150. The maximum Gasteiger partial charge on any atom is 0.326 e. The zero-order chi connectivity index (χ0) is 17.4. The third-order valence-corrected chi connectivity index (χ3v) is 5.11. The van der Waals surface area contributed by atoms with Crippen LogP contribution in [0.25, 0.3) is 0 Å². The summed E-state index contributed by atoms with van der Waals surface area (Å²) in [6.07, 6.45) is 0.384. The van der Waals surface area contributed by atoms with Gasteiger partial charge in [-0.2, -0.15) is 0 Å². The van der Waals surface area contributed by atoms with Gasteiger partial charge in [0.15, 0.2) is 0 Å². The van der Waals surface area contributed by atoms with Crippen molar-refractivity contribution < 1.29 is 24.6 Å². The minimum absolute atomic E-state index is 0.104. The largest absolute Gasteiger partial charge is 0.481 e. The summed E-state index contributed by atoms with van der Waals surface area (Å²) in [6, 6.07) is -1.00. The monoisotopic (exact) mass is 340 g/mol. The molecule has 1 aromatic rings. The number of amides is 1. The zero-order valence-corrected chi connectivity index (χ0v) is 14.1. The van der Waals surface area contributed by atoms with E-state index in [1.807, 2.05) is 20.8 Å². The Morgan fingerprint density at radius 1 is 1.22 bits per heavy atom. The standard InChI is InChI=1S/C15H20N2O5S/c1-15(2,3)14-16-9(7-23-14)11(18)17-6-8(12(19)20)4-5-10(17)13(21)22/h7-8,10H,4-6H2,1-3H3,(H,19,20)(H,21,22)/t8-,10-/m1/s1. The lowest BCUT2D eigenvalue weighted by atomic mass is 9.92. The van der Waals surface area contributed by atoms with Crippen molar-refractivity contribution in [2.75, 3.05) is 6.54 Å². The SMILES string of the molecule is CC(C)(C)c1nc(C(=O)N2C[C@H](C(=O)O)CC[C@@H]2C(=O)O)cs1. The fourth-order valence-corrected chi connectivity index (χ4v) is 3.40. The highest BCUT2D eigenvalue weighted by molar-refractivity contribution is 7.10. The van der Waals surface area contributed by atoms with Crippen LogP contribution in [0.5, 0.6) is 0 Å². The number of carboxylic acids is 2. The minimum Gasteiger partial charge on any atom is -0.481 e. The topological polar surface area (TPSA) is 108 Å². The molecule has 2 atom stereocenters. The molecule has 0 spiro atoms. The molecule has 0 saturated carbocycles. The van der Waals surface area contributed by atoms with Crippen LogP contribution in [0.1, 0.15) is 49.1 Å². The number of carbonyl (C=O) groups is 3. The van der Waals surface area contributed by atoms with Gasteiger partial charge in [-0.25, -0.2) is 9.78 Å². The van der Waals surface area contributed by atoms with Gasteiger partial charge in [-0.15, -0.1) is 11.3 Å². The molecule has 0 unspecified atom stereocenters. The van der Waals surface area contributed by atoms with Gasteiger partial charge in [-0.05, 0) is 12.8 Å². The molecule has 2 rings (SSSR count). The van der Waals surface area contributed by atoms with Crippen LogP contribution in [0, 0.1) is 5.92 Å². The average molecular weight is 340 g/mol. The van der Waals surface area contributed by atoms with Crippen LogP contribution in [0.2, 0.25) is 0 Å². The van der Waals surface area contributed by atoms with E-state index >= 15 is 0 Å². The molecule has 8 heteroatoms. The first-order valence-corrected chi connectivity index (χ1v) is 8.22. The van der Waals surface area contributed by atoms with Crippen LogP contribution in [0.3, 0.4) is 0 Å². The van der Waals surface area contributed by atoms with Crippen LogP contribution in [-0.4, -0.2) is 50.5 Å². The number of likely N-dealkylation sites (tertiary alicyclic amines) is 1. The first kappa shape index (κ1) is 17.4. The highest BCUT2D eigenvalue weighted by atomic mass is 32.1. The molecule has 0 radical (unpaired) electrons. The molecular formula is C15H20N2O5S.